The number of nitrogens with two attached hydrogens (primary N) is 1. The topological polar surface area (TPSA) is 93.8 Å². The van der Waals surface area contributed by atoms with E-state index in [4.69, 9.17) is 15.0 Å². The third kappa shape index (κ3) is 6.12. The predicted molar refractivity (Wildman–Crippen MR) is 123 cm³/mol. The van der Waals surface area contributed by atoms with Crippen molar-refractivity contribution < 1.29 is 19.2 Å². The smallest absolute Gasteiger partial charge is 0.534 e. The Labute approximate surface area is 184 Å². The third-order valence-electron chi connectivity index (χ3n) is 5.60. The first kappa shape index (κ1) is 22.9. The second-order valence-electron chi connectivity index (χ2n) is 7.99. The molecular weight excluding hydrogens is 391 g/mol. The Balaban J connectivity index is 0.000000610. The monoisotopic (exact) mass is 422 g/mol. The number of carbonyl (C=O) groups is 1. The Morgan fingerprint density at radius 2 is 1.90 bits per heavy atom. The molecule has 1 saturated carbocycles. The van der Waals surface area contributed by atoms with E-state index in [1.807, 2.05) is 24.3 Å². The molecule has 2 aromatic carbocycles. The number of para-hydroxylation sites is 1. The van der Waals surface area contributed by atoms with Gasteiger partial charge in [-0.05, 0) is 29.2 Å². The van der Waals surface area contributed by atoms with Gasteiger partial charge in [0.25, 0.3) is 0 Å². The lowest BCUT2D eigenvalue weighted by molar-refractivity contribution is 0.0694. The molecule has 0 bridgehead atoms. The molecule has 2 aromatic rings. The zero-order valence-electron chi connectivity index (χ0n) is 18.1. The summed E-state index contributed by atoms with van der Waals surface area (Å²) >= 11 is 0. The molecule has 1 heterocycles. The Hall–Kier alpha value is -2.77. The van der Waals surface area contributed by atoms with Crippen LogP contribution >= 0.6 is 0 Å². The lowest BCUT2D eigenvalue weighted by Gasteiger charge is -2.31. The molecule has 6 nitrogen and oxygen atoms in total. The molecule has 0 spiro atoms. The maximum absolute atomic E-state index is 11.4. The molecule has 164 valence electrons. The van der Waals surface area contributed by atoms with Gasteiger partial charge in [-0.3, -0.25) is 0 Å². The fraction of sp³-hybridized carbons (Fsp3) is 0.375. The highest BCUT2D eigenvalue weighted by atomic mass is 16.6. The number of allylic oxidation sites excluding steroid dienone is 1. The minimum atomic E-state index is -1.02. The molecule has 4 N–H and O–H groups in total. The molecule has 0 amide bonds. The van der Waals surface area contributed by atoms with Crippen LogP contribution in [0.2, 0.25) is 0 Å². The molecule has 2 aliphatic rings. The van der Waals surface area contributed by atoms with Crippen LogP contribution in [-0.2, 0) is 24.0 Å². The molecule has 1 aliphatic heterocycles. The number of hydrogen-bond donors (Lipinski definition) is 3. The number of rotatable bonds is 7. The third-order valence-corrected chi connectivity index (χ3v) is 5.60. The van der Waals surface area contributed by atoms with Crippen LogP contribution in [-0.4, -0.2) is 31.2 Å². The highest BCUT2D eigenvalue weighted by Gasteiger charge is 2.38. The number of benzene rings is 2. The summed E-state index contributed by atoms with van der Waals surface area (Å²) in [5.41, 5.74) is 9.70. The average molecular weight is 422 g/mol. The summed E-state index contributed by atoms with van der Waals surface area (Å²) in [5, 5.41) is 12.7. The Bertz CT molecular complexity index is 910. The minimum Gasteiger partial charge on any atom is -0.534 e. The van der Waals surface area contributed by atoms with Gasteiger partial charge < -0.3 is 25.5 Å². The van der Waals surface area contributed by atoms with E-state index in [1.54, 1.807) is 13.2 Å². The Morgan fingerprint density at radius 3 is 2.52 bits per heavy atom. The lowest BCUT2D eigenvalue weighted by Crippen LogP contribution is -2.52. The number of carboxylic acid groups (broad SMARTS) is 1. The maximum Gasteiger partial charge on any atom is 0.549 e. The van der Waals surface area contributed by atoms with Crippen LogP contribution in [0.25, 0.3) is 0 Å². The van der Waals surface area contributed by atoms with Crippen LogP contribution in [0.5, 0.6) is 5.75 Å². The largest absolute Gasteiger partial charge is 0.549 e. The van der Waals surface area contributed by atoms with Gasteiger partial charge in [-0.2, -0.15) is 0 Å². The van der Waals surface area contributed by atoms with Gasteiger partial charge in [0.05, 0.1) is 11.5 Å². The van der Waals surface area contributed by atoms with Gasteiger partial charge in [0.1, 0.15) is 5.75 Å². The summed E-state index contributed by atoms with van der Waals surface area (Å²) in [4.78, 5) is 11.4. The van der Waals surface area contributed by atoms with Crippen LogP contribution in [0.3, 0.4) is 0 Å². The van der Waals surface area contributed by atoms with E-state index in [-0.39, 0.29) is 11.5 Å². The second kappa shape index (κ2) is 11.0. The second-order valence-corrected chi connectivity index (χ2v) is 7.99. The summed E-state index contributed by atoms with van der Waals surface area (Å²) in [7, 11) is 0.936. The van der Waals surface area contributed by atoms with Crippen LogP contribution in [0, 0.1) is 0 Å². The van der Waals surface area contributed by atoms with Crippen molar-refractivity contribution in [3.63, 3.8) is 0 Å². The first-order valence-corrected chi connectivity index (χ1v) is 10.8. The zero-order chi connectivity index (χ0) is 22.2. The van der Waals surface area contributed by atoms with Gasteiger partial charge in [0.2, 0.25) is 0 Å². The van der Waals surface area contributed by atoms with Crippen molar-refractivity contribution >= 4 is 13.1 Å². The predicted octanol–water partition coefficient (Wildman–Crippen LogP) is 3.73. The lowest BCUT2D eigenvalue weighted by atomic mass is 9.71. The van der Waals surface area contributed by atoms with Crippen LogP contribution in [0.1, 0.15) is 52.7 Å². The number of carboxylic acids is 1. The summed E-state index contributed by atoms with van der Waals surface area (Å²) in [6.45, 7) is 4.62. The molecule has 1 fully saturated rings. The van der Waals surface area contributed by atoms with Crippen molar-refractivity contribution in [1.29, 1.82) is 0 Å². The first-order chi connectivity index (χ1) is 15.0. The molecule has 0 saturated heterocycles. The Morgan fingerprint density at radius 1 is 1.23 bits per heavy atom. The average Bonchev–Trinajstić information content (AvgIpc) is 2.71. The van der Waals surface area contributed by atoms with Crippen LogP contribution in [0.15, 0.2) is 54.7 Å². The molecule has 1 unspecified atom stereocenters. The molecular formula is C24H31BN2O4. The van der Waals surface area contributed by atoms with E-state index >= 15 is 0 Å². The molecule has 1 aliphatic carbocycles. The number of nitrogens with one attached hydrogen (secondary N) is 1. The van der Waals surface area contributed by atoms with Crippen molar-refractivity contribution in [1.82, 2.24) is 5.32 Å². The number of fused-ring (bicyclic) bond motifs is 1. The molecule has 31 heavy (non-hydrogen) atoms. The Kier molecular flexibility index (Phi) is 8.15. The van der Waals surface area contributed by atoms with E-state index < -0.39 is 13.1 Å². The van der Waals surface area contributed by atoms with Crippen molar-refractivity contribution in [2.45, 2.75) is 51.0 Å². The first-order valence-electron chi connectivity index (χ1n) is 10.8. The van der Waals surface area contributed by atoms with Crippen molar-refractivity contribution in [2.75, 3.05) is 7.11 Å². The summed E-state index contributed by atoms with van der Waals surface area (Å²) in [6.07, 6.45) is 7.24. The van der Waals surface area contributed by atoms with E-state index in [2.05, 4.69) is 18.0 Å². The fourth-order valence-corrected chi connectivity index (χ4v) is 3.59. The summed E-state index contributed by atoms with van der Waals surface area (Å²) in [6, 6.07) is 13.2. The number of hydrogen-bond acceptors (Lipinski definition) is 5. The molecule has 7 heteroatoms. The van der Waals surface area contributed by atoms with Crippen LogP contribution < -0.4 is 15.7 Å². The standard InChI is InChI=1S/C20H23BN2O4.C4H8/c1-13(9-14-5-3-6-15(10-14)12-22)23-18-11-16-7-4-8-17(20(24)25)19(16)27-21(18)26-2;1-2-4-3-1/h3-8,10,18,23H,1,9,11-12,22H2,2H3,(H,24,25);1-4H2. The van der Waals surface area contributed by atoms with Gasteiger partial charge in [0, 0.05) is 25.8 Å². The summed E-state index contributed by atoms with van der Waals surface area (Å²) < 4.78 is 11.3. The molecule has 1 atom stereocenters. The van der Waals surface area contributed by atoms with Gasteiger partial charge in [0.15, 0.2) is 0 Å². The van der Waals surface area contributed by atoms with Crippen LogP contribution in [0.4, 0.5) is 0 Å². The maximum atomic E-state index is 11.4. The summed E-state index contributed by atoms with van der Waals surface area (Å²) in [5.74, 6) is -0.815. The normalized spacial score (nSPS) is 16.7. The zero-order valence-corrected chi connectivity index (χ0v) is 18.1. The molecule has 0 aromatic heterocycles. The highest BCUT2D eigenvalue weighted by molar-refractivity contribution is 6.48. The van der Waals surface area contributed by atoms with E-state index in [1.165, 1.54) is 31.7 Å². The molecule has 4 rings (SSSR count). The van der Waals surface area contributed by atoms with Crippen molar-refractivity contribution in [2.24, 2.45) is 5.73 Å². The quantitative estimate of drug-likeness (QED) is 0.589. The van der Waals surface area contributed by atoms with Crippen molar-refractivity contribution in [3.8, 4) is 5.75 Å². The fourth-order valence-electron chi connectivity index (χ4n) is 3.59. The van der Waals surface area contributed by atoms with Gasteiger partial charge in [-0.1, -0.05) is 68.7 Å². The van der Waals surface area contributed by atoms with E-state index in [0.717, 1.165) is 22.4 Å². The van der Waals surface area contributed by atoms with Gasteiger partial charge in [-0.15, -0.1) is 0 Å². The van der Waals surface area contributed by atoms with Crippen molar-refractivity contribution in [3.05, 3.63) is 77.0 Å². The SMILES string of the molecule is C1CCC1.C=C(Cc1cccc(CN)c1)NC1Cc2cccc(C(=O)O)c2OB1OC. The van der Waals surface area contributed by atoms with E-state index in [9.17, 15) is 9.90 Å². The minimum absolute atomic E-state index is 0.144. The van der Waals surface area contributed by atoms with E-state index in [0.29, 0.717) is 25.1 Å². The number of aromatic carboxylic acids is 1. The van der Waals surface area contributed by atoms with Gasteiger partial charge in [-0.25, -0.2) is 4.79 Å². The van der Waals surface area contributed by atoms with Gasteiger partial charge >= 0.3 is 13.1 Å². The molecule has 0 radical (unpaired) electrons. The highest BCUT2D eigenvalue weighted by Crippen LogP contribution is 2.31.